The Labute approximate surface area is 191 Å². The Morgan fingerprint density at radius 3 is 2.35 bits per heavy atom. The Hall–Kier alpha value is -2.63. The van der Waals surface area contributed by atoms with Crippen molar-refractivity contribution in [2.24, 2.45) is 0 Å². The second-order valence-electron chi connectivity index (χ2n) is 7.76. The maximum atomic E-state index is 13.3. The van der Waals surface area contributed by atoms with Crippen LogP contribution in [0.3, 0.4) is 0 Å². The van der Waals surface area contributed by atoms with Crippen LogP contribution in [-0.2, 0) is 0 Å². The maximum Gasteiger partial charge on any atom is 0.257 e. The molecule has 1 N–H and O–H groups in total. The van der Waals surface area contributed by atoms with E-state index in [0.717, 1.165) is 29.7 Å². The highest BCUT2D eigenvalue weighted by Gasteiger charge is 2.27. The lowest BCUT2D eigenvalue weighted by molar-refractivity contribution is 0.0713. The number of carbonyl (C=O) groups is 1. The van der Waals surface area contributed by atoms with Crippen molar-refractivity contribution >= 4 is 40.5 Å². The van der Waals surface area contributed by atoms with Crippen LogP contribution >= 0.6 is 23.2 Å². The highest BCUT2D eigenvalue weighted by Crippen LogP contribution is 2.35. The SMILES string of the molecule is Cc1ccc(Nc2c(C(=O)N3CCC(c4ccc(F)cc4)CC3)cnc(Cl)c2Cl)cc1. The van der Waals surface area contributed by atoms with E-state index in [-0.39, 0.29) is 21.9 Å². The van der Waals surface area contributed by atoms with E-state index in [1.807, 2.05) is 48.2 Å². The molecule has 31 heavy (non-hydrogen) atoms. The van der Waals surface area contributed by atoms with Crippen LogP contribution in [-0.4, -0.2) is 28.9 Å². The number of likely N-dealkylation sites (tertiary alicyclic amines) is 1. The number of rotatable bonds is 4. The smallest absolute Gasteiger partial charge is 0.257 e. The van der Waals surface area contributed by atoms with Crippen LogP contribution in [0.15, 0.2) is 54.7 Å². The van der Waals surface area contributed by atoms with E-state index in [9.17, 15) is 9.18 Å². The highest BCUT2D eigenvalue weighted by molar-refractivity contribution is 6.43. The quantitative estimate of drug-likeness (QED) is 0.448. The fourth-order valence-electron chi connectivity index (χ4n) is 3.85. The molecule has 1 saturated heterocycles. The normalized spacial score (nSPS) is 14.5. The summed E-state index contributed by atoms with van der Waals surface area (Å²) in [5.41, 5.74) is 3.88. The first-order valence-corrected chi connectivity index (χ1v) is 10.9. The van der Waals surface area contributed by atoms with Gasteiger partial charge >= 0.3 is 0 Å². The minimum absolute atomic E-state index is 0.141. The number of pyridine rings is 1. The summed E-state index contributed by atoms with van der Waals surface area (Å²) in [4.78, 5) is 19.2. The molecule has 4 nitrogen and oxygen atoms in total. The molecule has 1 amide bonds. The predicted molar refractivity (Wildman–Crippen MR) is 123 cm³/mol. The van der Waals surface area contributed by atoms with E-state index in [1.54, 1.807) is 0 Å². The molecule has 0 saturated carbocycles. The Bertz CT molecular complexity index is 1080. The number of benzene rings is 2. The molecule has 1 aromatic heterocycles. The fourth-order valence-corrected chi connectivity index (χ4v) is 4.19. The molecule has 0 aliphatic carbocycles. The van der Waals surface area contributed by atoms with Gasteiger partial charge in [0.1, 0.15) is 16.0 Å². The van der Waals surface area contributed by atoms with Crippen molar-refractivity contribution in [2.75, 3.05) is 18.4 Å². The molecule has 160 valence electrons. The summed E-state index contributed by atoms with van der Waals surface area (Å²) in [6.07, 6.45) is 3.10. The summed E-state index contributed by atoms with van der Waals surface area (Å²) >= 11 is 12.6. The van der Waals surface area contributed by atoms with Crippen LogP contribution in [0.25, 0.3) is 0 Å². The number of nitrogens with one attached hydrogen (secondary N) is 1. The Balaban J connectivity index is 1.52. The van der Waals surface area contributed by atoms with Gasteiger partial charge in [0.25, 0.3) is 5.91 Å². The van der Waals surface area contributed by atoms with Gasteiger partial charge in [-0.25, -0.2) is 9.37 Å². The van der Waals surface area contributed by atoms with Gasteiger partial charge < -0.3 is 10.2 Å². The van der Waals surface area contributed by atoms with Gasteiger partial charge in [0.15, 0.2) is 0 Å². The standard InChI is InChI=1S/C24H22Cl2FN3O/c1-15-2-8-19(9-3-15)29-22-20(14-28-23(26)21(22)25)24(31)30-12-10-17(11-13-30)16-4-6-18(27)7-5-16/h2-9,14,17H,10-13H2,1H3,(H,28,29). The monoisotopic (exact) mass is 457 g/mol. The van der Waals surface area contributed by atoms with Crippen LogP contribution in [0.2, 0.25) is 10.2 Å². The molecule has 7 heteroatoms. The van der Waals surface area contributed by atoms with Crippen LogP contribution in [0.4, 0.5) is 15.8 Å². The molecular formula is C24H22Cl2FN3O. The lowest BCUT2D eigenvalue weighted by atomic mass is 9.89. The van der Waals surface area contributed by atoms with Crippen LogP contribution in [0.1, 0.15) is 40.2 Å². The summed E-state index contributed by atoms with van der Waals surface area (Å²) in [6, 6.07) is 14.4. The van der Waals surface area contributed by atoms with Crippen LogP contribution in [0, 0.1) is 12.7 Å². The van der Waals surface area contributed by atoms with Crippen LogP contribution in [0.5, 0.6) is 0 Å². The largest absolute Gasteiger partial charge is 0.354 e. The molecule has 2 aromatic carbocycles. The number of aromatic nitrogens is 1. The lowest BCUT2D eigenvalue weighted by Gasteiger charge is -2.32. The number of piperidine rings is 1. The van der Waals surface area contributed by atoms with Gasteiger partial charge in [0.2, 0.25) is 0 Å². The zero-order valence-electron chi connectivity index (χ0n) is 17.0. The van der Waals surface area contributed by atoms with E-state index >= 15 is 0 Å². The number of hydrogen-bond donors (Lipinski definition) is 1. The van der Waals surface area contributed by atoms with Crippen molar-refractivity contribution in [2.45, 2.75) is 25.7 Å². The average Bonchev–Trinajstić information content (AvgIpc) is 2.79. The summed E-state index contributed by atoms with van der Waals surface area (Å²) < 4.78 is 13.2. The first kappa shape index (κ1) is 21.6. The topological polar surface area (TPSA) is 45.2 Å². The van der Waals surface area contributed by atoms with Crippen molar-refractivity contribution in [1.82, 2.24) is 9.88 Å². The Kier molecular flexibility index (Phi) is 6.44. The molecule has 2 heterocycles. The molecule has 0 atom stereocenters. The molecule has 0 bridgehead atoms. The van der Waals surface area contributed by atoms with Crippen molar-refractivity contribution in [3.63, 3.8) is 0 Å². The number of anilines is 2. The maximum absolute atomic E-state index is 13.3. The second kappa shape index (κ2) is 9.25. The zero-order chi connectivity index (χ0) is 22.0. The van der Waals surface area contributed by atoms with Gasteiger partial charge in [-0.3, -0.25) is 4.79 Å². The fraction of sp³-hybridized carbons (Fsp3) is 0.250. The van der Waals surface area contributed by atoms with Crippen molar-refractivity contribution in [1.29, 1.82) is 0 Å². The van der Waals surface area contributed by atoms with E-state index in [0.29, 0.717) is 30.3 Å². The van der Waals surface area contributed by atoms with Crippen LogP contribution < -0.4 is 5.32 Å². The van der Waals surface area contributed by atoms with Crippen molar-refractivity contribution in [3.05, 3.63) is 87.4 Å². The first-order valence-electron chi connectivity index (χ1n) is 10.1. The van der Waals surface area contributed by atoms with E-state index < -0.39 is 0 Å². The van der Waals surface area contributed by atoms with E-state index in [4.69, 9.17) is 23.2 Å². The van der Waals surface area contributed by atoms with Crippen molar-refractivity contribution in [3.8, 4) is 0 Å². The molecule has 0 unspecified atom stereocenters. The second-order valence-corrected chi connectivity index (χ2v) is 8.50. The molecule has 4 rings (SSSR count). The number of hydrogen-bond acceptors (Lipinski definition) is 3. The summed E-state index contributed by atoms with van der Waals surface area (Å²) in [7, 11) is 0. The molecule has 0 spiro atoms. The van der Waals surface area contributed by atoms with Gasteiger partial charge in [0.05, 0.1) is 11.3 Å². The van der Waals surface area contributed by atoms with Gasteiger partial charge in [-0.1, -0.05) is 53.0 Å². The van der Waals surface area contributed by atoms with Gasteiger partial charge in [-0.05, 0) is 55.5 Å². The highest BCUT2D eigenvalue weighted by atomic mass is 35.5. The zero-order valence-corrected chi connectivity index (χ0v) is 18.6. The number of aryl methyl sites for hydroxylation is 1. The van der Waals surface area contributed by atoms with Gasteiger partial charge in [0, 0.05) is 25.0 Å². The molecule has 3 aromatic rings. The predicted octanol–water partition coefficient (Wildman–Crippen LogP) is 6.60. The number of halogens is 3. The molecule has 1 aliphatic heterocycles. The molecule has 1 fully saturated rings. The average molecular weight is 458 g/mol. The van der Waals surface area contributed by atoms with Gasteiger partial charge in [-0.15, -0.1) is 0 Å². The van der Waals surface area contributed by atoms with E-state index in [1.165, 1.54) is 18.3 Å². The van der Waals surface area contributed by atoms with Crippen molar-refractivity contribution < 1.29 is 9.18 Å². The summed E-state index contributed by atoms with van der Waals surface area (Å²) in [5, 5.41) is 3.59. The Morgan fingerprint density at radius 2 is 1.71 bits per heavy atom. The lowest BCUT2D eigenvalue weighted by Crippen LogP contribution is -2.38. The minimum Gasteiger partial charge on any atom is -0.354 e. The summed E-state index contributed by atoms with van der Waals surface area (Å²) in [5.74, 6) is -0.0722. The van der Waals surface area contributed by atoms with E-state index in [2.05, 4.69) is 10.3 Å². The van der Waals surface area contributed by atoms with Gasteiger partial charge in [-0.2, -0.15) is 0 Å². The summed E-state index contributed by atoms with van der Waals surface area (Å²) in [6.45, 7) is 3.21. The molecule has 1 aliphatic rings. The third-order valence-corrected chi connectivity index (χ3v) is 6.40. The molecule has 0 radical (unpaired) electrons. The number of nitrogens with zero attached hydrogens (tertiary/aromatic N) is 2. The number of amides is 1. The first-order chi connectivity index (χ1) is 14.9. The minimum atomic E-state index is -0.239. The molecular weight excluding hydrogens is 436 g/mol. The Morgan fingerprint density at radius 1 is 1.06 bits per heavy atom. The third kappa shape index (κ3) is 4.83. The third-order valence-electron chi connectivity index (χ3n) is 5.65. The number of carbonyl (C=O) groups excluding carboxylic acids is 1.